The first-order valence-corrected chi connectivity index (χ1v) is 6.46. The van der Waals surface area contributed by atoms with Gasteiger partial charge in [0.1, 0.15) is 12.4 Å². The number of nitrogens with two attached hydrogens (primary N) is 1. The van der Waals surface area contributed by atoms with E-state index in [4.69, 9.17) is 26.8 Å². The Balaban J connectivity index is 2.13. The van der Waals surface area contributed by atoms with Gasteiger partial charge in [-0.15, -0.1) is 0 Å². The van der Waals surface area contributed by atoms with E-state index in [1.807, 2.05) is 18.2 Å². The molecule has 0 fully saturated rings. The summed E-state index contributed by atoms with van der Waals surface area (Å²) in [6.45, 7) is 0.594. The smallest absolute Gasteiger partial charge is 0.183 e. The number of hydrogen-bond acceptors (Lipinski definition) is 3. The quantitative estimate of drug-likeness (QED) is 0.918. The van der Waals surface area contributed by atoms with Gasteiger partial charge in [0.05, 0.1) is 12.1 Å². The summed E-state index contributed by atoms with van der Waals surface area (Å²) in [5.74, 6) is 0.300. The third-order valence-electron chi connectivity index (χ3n) is 2.88. The molecule has 0 radical (unpaired) electrons. The zero-order valence-corrected chi connectivity index (χ0v) is 11.8. The number of hydrogen-bond donors (Lipinski definition) is 1. The van der Waals surface area contributed by atoms with Gasteiger partial charge in [-0.1, -0.05) is 23.7 Å². The summed E-state index contributed by atoms with van der Waals surface area (Å²) in [6, 6.07) is 10.2. The predicted octanol–water partition coefficient (Wildman–Crippen LogP) is 3.53. The number of benzene rings is 2. The molecule has 106 valence electrons. The molecule has 0 bridgehead atoms. The maximum absolute atomic E-state index is 13.7. The zero-order chi connectivity index (χ0) is 14.5. The second kappa shape index (κ2) is 6.59. The Morgan fingerprint density at radius 3 is 2.70 bits per heavy atom. The van der Waals surface area contributed by atoms with Gasteiger partial charge in [-0.2, -0.15) is 0 Å². The molecule has 0 aliphatic rings. The van der Waals surface area contributed by atoms with Crippen LogP contribution in [0.25, 0.3) is 0 Å². The third kappa shape index (κ3) is 3.21. The summed E-state index contributed by atoms with van der Waals surface area (Å²) in [4.78, 5) is 0. The molecule has 0 heterocycles. The lowest BCUT2D eigenvalue weighted by molar-refractivity contribution is 0.290. The molecule has 3 nitrogen and oxygen atoms in total. The molecule has 2 rings (SSSR count). The Hall–Kier alpha value is -1.78. The van der Waals surface area contributed by atoms with Crippen molar-refractivity contribution in [2.75, 3.05) is 7.11 Å². The van der Waals surface area contributed by atoms with E-state index in [-0.39, 0.29) is 17.4 Å². The maximum Gasteiger partial charge on any atom is 0.183 e. The van der Waals surface area contributed by atoms with E-state index >= 15 is 0 Å². The molecule has 2 aromatic rings. The van der Waals surface area contributed by atoms with Gasteiger partial charge in [-0.3, -0.25) is 0 Å². The lowest BCUT2D eigenvalue weighted by Gasteiger charge is -2.11. The van der Waals surface area contributed by atoms with Gasteiger partial charge < -0.3 is 15.2 Å². The van der Waals surface area contributed by atoms with E-state index in [9.17, 15) is 4.39 Å². The molecule has 2 N–H and O–H groups in total. The fraction of sp³-hybridized carbons (Fsp3) is 0.200. The van der Waals surface area contributed by atoms with E-state index in [1.165, 1.54) is 12.1 Å². The molecular formula is C15H15ClFNO2. The van der Waals surface area contributed by atoms with Crippen molar-refractivity contribution in [3.63, 3.8) is 0 Å². The van der Waals surface area contributed by atoms with Crippen molar-refractivity contribution in [3.05, 3.63) is 58.4 Å². The molecule has 0 amide bonds. The van der Waals surface area contributed by atoms with Gasteiger partial charge in [-0.05, 0) is 29.8 Å². The van der Waals surface area contributed by atoms with E-state index in [0.717, 1.165) is 16.9 Å². The summed E-state index contributed by atoms with van der Waals surface area (Å²) >= 11 is 5.69. The molecule has 0 saturated heterocycles. The number of ether oxygens (including phenoxy) is 2. The average molecular weight is 296 g/mol. The van der Waals surface area contributed by atoms with Crippen LogP contribution in [-0.2, 0) is 13.2 Å². The Morgan fingerprint density at radius 1 is 1.20 bits per heavy atom. The molecular weight excluding hydrogens is 281 g/mol. The lowest BCUT2D eigenvalue weighted by Crippen LogP contribution is -2.03. The van der Waals surface area contributed by atoms with Crippen LogP contribution in [0.3, 0.4) is 0 Å². The van der Waals surface area contributed by atoms with Gasteiger partial charge in [0.25, 0.3) is 0 Å². The molecule has 2 aromatic carbocycles. The highest BCUT2D eigenvalue weighted by molar-refractivity contribution is 6.30. The molecule has 0 saturated carbocycles. The second-order valence-electron chi connectivity index (χ2n) is 4.19. The summed E-state index contributed by atoms with van der Waals surface area (Å²) < 4.78 is 24.3. The highest BCUT2D eigenvalue weighted by Gasteiger charge is 2.08. The fourth-order valence-corrected chi connectivity index (χ4v) is 2.00. The minimum atomic E-state index is -0.554. The van der Waals surface area contributed by atoms with Crippen LogP contribution in [0.1, 0.15) is 11.1 Å². The SMILES string of the molecule is COc1ccc(COc2cccc(Cl)c2F)cc1CN. The standard InChI is InChI=1S/C15H15ClFNO2/c1-19-13-6-5-10(7-11(13)8-18)9-20-14-4-2-3-12(16)15(14)17/h2-7H,8-9,18H2,1H3. The Kier molecular flexibility index (Phi) is 4.82. The van der Waals surface area contributed by atoms with Crippen LogP contribution in [-0.4, -0.2) is 7.11 Å². The number of rotatable bonds is 5. The molecule has 0 aromatic heterocycles. The van der Waals surface area contributed by atoms with Crippen LogP contribution < -0.4 is 15.2 Å². The number of halogens is 2. The fourth-order valence-electron chi connectivity index (χ4n) is 1.84. The molecule has 0 atom stereocenters. The first kappa shape index (κ1) is 14.6. The lowest BCUT2D eigenvalue weighted by atomic mass is 10.1. The first-order chi connectivity index (χ1) is 9.65. The first-order valence-electron chi connectivity index (χ1n) is 6.08. The van der Waals surface area contributed by atoms with Gasteiger partial charge in [0.15, 0.2) is 11.6 Å². The van der Waals surface area contributed by atoms with Crippen molar-refractivity contribution < 1.29 is 13.9 Å². The Bertz CT molecular complexity index is 604. The van der Waals surface area contributed by atoms with Gasteiger partial charge in [0.2, 0.25) is 0 Å². The Labute approximate surface area is 122 Å². The highest BCUT2D eigenvalue weighted by atomic mass is 35.5. The number of methoxy groups -OCH3 is 1. The van der Waals surface area contributed by atoms with Gasteiger partial charge in [0, 0.05) is 12.1 Å². The minimum Gasteiger partial charge on any atom is -0.496 e. The monoisotopic (exact) mass is 295 g/mol. The topological polar surface area (TPSA) is 44.5 Å². The molecule has 0 aliphatic heterocycles. The third-order valence-corrected chi connectivity index (χ3v) is 3.17. The minimum absolute atomic E-state index is 0.0416. The summed E-state index contributed by atoms with van der Waals surface area (Å²) in [7, 11) is 1.59. The molecule has 20 heavy (non-hydrogen) atoms. The van der Waals surface area contributed by atoms with Crippen LogP contribution in [0.5, 0.6) is 11.5 Å². The average Bonchev–Trinajstić information content (AvgIpc) is 2.48. The van der Waals surface area contributed by atoms with Crippen molar-refractivity contribution in [1.82, 2.24) is 0 Å². The van der Waals surface area contributed by atoms with Crippen molar-refractivity contribution in [2.45, 2.75) is 13.2 Å². The predicted molar refractivity (Wildman–Crippen MR) is 76.6 cm³/mol. The van der Waals surface area contributed by atoms with E-state index in [2.05, 4.69) is 0 Å². The van der Waals surface area contributed by atoms with Crippen LogP contribution in [0.15, 0.2) is 36.4 Å². The van der Waals surface area contributed by atoms with E-state index in [1.54, 1.807) is 13.2 Å². The van der Waals surface area contributed by atoms with Crippen molar-refractivity contribution in [2.24, 2.45) is 5.73 Å². The summed E-state index contributed by atoms with van der Waals surface area (Å²) in [6.07, 6.45) is 0. The van der Waals surface area contributed by atoms with E-state index < -0.39 is 5.82 Å². The summed E-state index contributed by atoms with van der Waals surface area (Å²) in [5.41, 5.74) is 7.40. The van der Waals surface area contributed by atoms with Gasteiger partial charge >= 0.3 is 0 Å². The zero-order valence-electron chi connectivity index (χ0n) is 11.0. The van der Waals surface area contributed by atoms with Crippen molar-refractivity contribution in [1.29, 1.82) is 0 Å². The van der Waals surface area contributed by atoms with Crippen molar-refractivity contribution in [3.8, 4) is 11.5 Å². The van der Waals surface area contributed by atoms with Crippen LogP contribution in [0, 0.1) is 5.82 Å². The van der Waals surface area contributed by atoms with E-state index in [0.29, 0.717) is 6.54 Å². The van der Waals surface area contributed by atoms with Crippen LogP contribution in [0.2, 0.25) is 5.02 Å². The highest BCUT2D eigenvalue weighted by Crippen LogP contribution is 2.25. The molecule has 0 aliphatic carbocycles. The maximum atomic E-state index is 13.7. The molecule has 0 spiro atoms. The normalized spacial score (nSPS) is 10.4. The summed E-state index contributed by atoms with van der Waals surface area (Å²) in [5, 5.41) is 0.0416. The molecule has 0 unspecified atom stereocenters. The van der Waals surface area contributed by atoms with Crippen LogP contribution in [0.4, 0.5) is 4.39 Å². The molecule has 5 heteroatoms. The van der Waals surface area contributed by atoms with Crippen molar-refractivity contribution >= 4 is 11.6 Å². The van der Waals surface area contributed by atoms with Gasteiger partial charge in [-0.25, -0.2) is 4.39 Å². The van der Waals surface area contributed by atoms with Crippen LogP contribution >= 0.6 is 11.6 Å². The largest absolute Gasteiger partial charge is 0.496 e. The Morgan fingerprint density at radius 2 is 2.00 bits per heavy atom. The second-order valence-corrected chi connectivity index (χ2v) is 4.60.